The topological polar surface area (TPSA) is 43.1 Å². The average Bonchev–Trinajstić information content (AvgIpc) is 2.15. The van der Waals surface area contributed by atoms with Gasteiger partial charge in [0, 0.05) is 0 Å². The molecule has 4 rings (SSSR count). The molecule has 0 aromatic carbocycles. The van der Waals surface area contributed by atoms with E-state index in [1.165, 1.54) is 32.1 Å². The van der Waals surface area contributed by atoms with E-state index >= 15 is 0 Å². The molecule has 0 aromatic rings. The molecule has 84 valence electrons. The van der Waals surface area contributed by atoms with Gasteiger partial charge >= 0.3 is 0 Å². The third kappa shape index (κ3) is 1.53. The molecule has 4 fully saturated rings. The van der Waals surface area contributed by atoms with Gasteiger partial charge in [-0.25, -0.2) is 0 Å². The molecule has 2 nitrogen and oxygen atoms in total. The van der Waals surface area contributed by atoms with E-state index in [4.69, 9.17) is 17.3 Å². The van der Waals surface area contributed by atoms with Crippen molar-refractivity contribution in [1.82, 2.24) is 0 Å². The Morgan fingerprint density at radius 1 is 1.07 bits per heavy atom. The van der Waals surface area contributed by atoms with E-state index in [0.717, 1.165) is 11.8 Å². The summed E-state index contributed by atoms with van der Waals surface area (Å²) in [6, 6.07) is -0.401. The molecular formula is C12H18ClNO. The Bertz CT molecular complexity index is 263. The molecule has 0 spiro atoms. The Hall–Kier alpha value is -0.0800. The summed E-state index contributed by atoms with van der Waals surface area (Å²) in [5.41, 5.74) is 5.96. The van der Waals surface area contributed by atoms with Crippen LogP contribution in [0.3, 0.4) is 0 Å². The van der Waals surface area contributed by atoms with Crippen LogP contribution in [0.15, 0.2) is 0 Å². The predicted octanol–water partition coefficient (Wildman–Crippen LogP) is 2.15. The lowest BCUT2D eigenvalue weighted by atomic mass is 9.50. The van der Waals surface area contributed by atoms with Crippen LogP contribution in [0, 0.1) is 29.6 Å². The van der Waals surface area contributed by atoms with Crippen molar-refractivity contribution in [2.45, 2.75) is 38.1 Å². The van der Waals surface area contributed by atoms with Crippen molar-refractivity contribution in [3.8, 4) is 0 Å². The van der Waals surface area contributed by atoms with E-state index in [1.54, 1.807) is 0 Å². The van der Waals surface area contributed by atoms with Crippen LogP contribution >= 0.6 is 11.6 Å². The second-order valence-electron chi connectivity index (χ2n) is 5.84. The highest BCUT2D eigenvalue weighted by molar-refractivity contribution is 6.64. The van der Waals surface area contributed by atoms with Crippen LogP contribution in [0.4, 0.5) is 0 Å². The second kappa shape index (κ2) is 3.46. The number of rotatable bonds is 2. The summed E-state index contributed by atoms with van der Waals surface area (Å²) in [5, 5.41) is -0.326. The molecule has 15 heavy (non-hydrogen) atoms. The molecule has 3 heteroatoms. The van der Waals surface area contributed by atoms with Crippen LogP contribution in [0.2, 0.25) is 0 Å². The fraction of sp³-hybridized carbons (Fsp3) is 0.917. The number of halogens is 1. The zero-order chi connectivity index (χ0) is 10.6. The molecule has 0 amide bonds. The fourth-order valence-electron chi connectivity index (χ4n) is 4.70. The van der Waals surface area contributed by atoms with Gasteiger partial charge in [0.2, 0.25) is 5.24 Å². The van der Waals surface area contributed by atoms with Crippen LogP contribution in [0.25, 0.3) is 0 Å². The van der Waals surface area contributed by atoms with E-state index in [1.807, 2.05) is 0 Å². The highest BCUT2D eigenvalue weighted by Crippen LogP contribution is 2.57. The van der Waals surface area contributed by atoms with Gasteiger partial charge in [-0.2, -0.15) is 0 Å². The highest BCUT2D eigenvalue weighted by atomic mass is 35.5. The first-order valence-corrected chi connectivity index (χ1v) is 6.48. The molecule has 4 aliphatic rings. The SMILES string of the molecule is NC(C(=O)Cl)C1C2CC3CC(C2)CC1C3. The van der Waals surface area contributed by atoms with Crippen LogP contribution in [0.1, 0.15) is 32.1 Å². The second-order valence-corrected chi connectivity index (χ2v) is 6.21. The quantitative estimate of drug-likeness (QED) is 0.735. The smallest absolute Gasteiger partial charge is 0.238 e. The van der Waals surface area contributed by atoms with Gasteiger partial charge in [0.15, 0.2) is 0 Å². The molecule has 0 saturated heterocycles. The molecule has 4 aliphatic carbocycles. The van der Waals surface area contributed by atoms with Crippen LogP contribution in [0.5, 0.6) is 0 Å². The Kier molecular flexibility index (Phi) is 2.33. The fourth-order valence-corrected chi connectivity index (χ4v) is 4.85. The van der Waals surface area contributed by atoms with Crippen LogP contribution in [-0.4, -0.2) is 11.3 Å². The van der Waals surface area contributed by atoms with Crippen molar-refractivity contribution in [3.05, 3.63) is 0 Å². The van der Waals surface area contributed by atoms with Crippen molar-refractivity contribution < 1.29 is 4.79 Å². The Balaban J connectivity index is 1.83. The lowest BCUT2D eigenvalue weighted by molar-refractivity contribution is -0.119. The largest absolute Gasteiger partial charge is 0.320 e. The van der Waals surface area contributed by atoms with Gasteiger partial charge in [-0.1, -0.05) is 0 Å². The molecule has 0 radical (unpaired) electrons. The number of carbonyl (C=O) groups is 1. The Morgan fingerprint density at radius 2 is 1.53 bits per heavy atom. The zero-order valence-corrected chi connectivity index (χ0v) is 9.62. The van der Waals surface area contributed by atoms with E-state index in [9.17, 15) is 4.79 Å². The summed E-state index contributed by atoms with van der Waals surface area (Å²) < 4.78 is 0. The van der Waals surface area contributed by atoms with Crippen molar-refractivity contribution in [2.75, 3.05) is 0 Å². The maximum absolute atomic E-state index is 11.2. The van der Waals surface area contributed by atoms with Crippen molar-refractivity contribution >= 4 is 16.8 Å². The first-order chi connectivity index (χ1) is 7.15. The average molecular weight is 228 g/mol. The zero-order valence-electron chi connectivity index (χ0n) is 8.86. The minimum Gasteiger partial charge on any atom is -0.320 e. The standard InChI is InChI=1S/C12H18ClNO/c13-12(15)11(14)10-8-2-6-1-7(4-8)5-9(10)3-6/h6-11H,1-5,14H2. The summed E-state index contributed by atoms with van der Waals surface area (Å²) in [7, 11) is 0. The maximum atomic E-state index is 11.2. The predicted molar refractivity (Wildman–Crippen MR) is 59.4 cm³/mol. The minimum absolute atomic E-state index is 0.326. The minimum atomic E-state index is -0.401. The normalized spacial score (nSPS) is 49.3. The lowest BCUT2D eigenvalue weighted by Gasteiger charge is -2.55. The first kappa shape index (κ1) is 10.1. The van der Waals surface area contributed by atoms with E-state index in [2.05, 4.69) is 0 Å². The summed E-state index contributed by atoms with van der Waals surface area (Å²) in [5.74, 6) is 3.64. The Labute approximate surface area is 95.5 Å². The van der Waals surface area contributed by atoms with E-state index in [0.29, 0.717) is 17.8 Å². The molecule has 4 bridgehead atoms. The maximum Gasteiger partial charge on any atom is 0.238 e. The van der Waals surface area contributed by atoms with Gasteiger partial charge in [0.25, 0.3) is 0 Å². The summed E-state index contributed by atoms with van der Waals surface area (Å²) in [6.07, 6.45) is 6.64. The molecule has 1 unspecified atom stereocenters. The third-order valence-electron chi connectivity index (χ3n) is 4.98. The summed E-state index contributed by atoms with van der Waals surface area (Å²) in [4.78, 5) is 11.2. The van der Waals surface area contributed by atoms with Gasteiger partial charge < -0.3 is 5.73 Å². The summed E-state index contributed by atoms with van der Waals surface area (Å²) >= 11 is 5.56. The van der Waals surface area contributed by atoms with Gasteiger partial charge in [-0.15, -0.1) is 0 Å². The first-order valence-electron chi connectivity index (χ1n) is 6.10. The van der Waals surface area contributed by atoms with Crippen LogP contribution in [-0.2, 0) is 4.79 Å². The van der Waals surface area contributed by atoms with E-state index in [-0.39, 0.29) is 5.24 Å². The van der Waals surface area contributed by atoms with Gasteiger partial charge in [-0.3, -0.25) is 4.79 Å². The van der Waals surface area contributed by atoms with Gasteiger partial charge in [0.05, 0.1) is 6.04 Å². The molecule has 0 aliphatic heterocycles. The molecule has 0 aromatic heterocycles. The third-order valence-corrected chi connectivity index (χ3v) is 5.23. The number of nitrogens with two attached hydrogens (primary N) is 1. The molecule has 1 atom stereocenters. The number of hydrogen-bond acceptors (Lipinski definition) is 2. The number of carbonyl (C=O) groups excluding carboxylic acids is 1. The molecule has 2 N–H and O–H groups in total. The molecule has 4 saturated carbocycles. The van der Waals surface area contributed by atoms with Crippen molar-refractivity contribution in [1.29, 1.82) is 0 Å². The number of hydrogen-bond donors (Lipinski definition) is 1. The Morgan fingerprint density at radius 3 is 1.93 bits per heavy atom. The van der Waals surface area contributed by atoms with Gasteiger partial charge in [-0.05, 0) is 73.3 Å². The van der Waals surface area contributed by atoms with Crippen molar-refractivity contribution in [3.63, 3.8) is 0 Å². The van der Waals surface area contributed by atoms with E-state index < -0.39 is 6.04 Å². The highest BCUT2D eigenvalue weighted by Gasteiger charge is 2.50. The van der Waals surface area contributed by atoms with Crippen molar-refractivity contribution in [2.24, 2.45) is 35.3 Å². The molecule has 0 heterocycles. The summed E-state index contributed by atoms with van der Waals surface area (Å²) in [6.45, 7) is 0. The van der Waals surface area contributed by atoms with Gasteiger partial charge in [0.1, 0.15) is 0 Å². The molecular weight excluding hydrogens is 210 g/mol. The lowest BCUT2D eigenvalue weighted by Crippen LogP contribution is -2.53. The monoisotopic (exact) mass is 227 g/mol. The van der Waals surface area contributed by atoms with Crippen LogP contribution < -0.4 is 5.73 Å².